The Bertz CT molecular complexity index is 475. The van der Waals surface area contributed by atoms with Gasteiger partial charge in [0.1, 0.15) is 0 Å². The van der Waals surface area contributed by atoms with Crippen molar-refractivity contribution in [2.75, 3.05) is 5.32 Å². The van der Waals surface area contributed by atoms with Crippen LogP contribution in [-0.2, 0) is 9.13 Å². The number of hydrogen-bond acceptors (Lipinski definition) is 3. The van der Waals surface area contributed by atoms with Crippen molar-refractivity contribution in [2.45, 2.75) is 5.52 Å². The number of halogens is 1. The summed E-state index contributed by atoms with van der Waals surface area (Å²) in [6.07, 6.45) is 0. The zero-order chi connectivity index (χ0) is 13.3. The Hall–Kier alpha value is -0.390. The van der Waals surface area contributed by atoms with Gasteiger partial charge in [-0.1, -0.05) is 17.7 Å². The number of nitrogens with one attached hydrogen (secondary N) is 1. The molecule has 0 bridgehead atoms. The second kappa shape index (κ2) is 5.08. The molecule has 0 spiro atoms. The lowest BCUT2D eigenvalue weighted by Gasteiger charge is -2.21. The van der Waals surface area contributed by atoms with Crippen molar-refractivity contribution >= 4 is 32.5 Å². The zero-order valence-corrected chi connectivity index (χ0v) is 10.8. The van der Waals surface area contributed by atoms with Crippen molar-refractivity contribution < 1.29 is 28.7 Å². The van der Waals surface area contributed by atoms with Crippen molar-refractivity contribution in [2.24, 2.45) is 0 Å². The van der Waals surface area contributed by atoms with E-state index >= 15 is 0 Å². The van der Waals surface area contributed by atoms with Gasteiger partial charge in [-0.05, 0) is 18.2 Å². The second-order valence-corrected chi connectivity index (χ2v) is 7.44. The monoisotopic (exact) mass is 301 g/mol. The lowest BCUT2D eigenvalue weighted by atomic mass is 10.3. The van der Waals surface area contributed by atoms with Gasteiger partial charge < -0.3 is 24.9 Å². The first kappa shape index (κ1) is 14.7. The van der Waals surface area contributed by atoms with E-state index in [1.165, 1.54) is 24.3 Å². The van der Waals surface area contributed by atoms with Crippen LogP contribution < -0.4 is 5.32 Å². The molecule has 0 amide bonds. The molecule has 5 N–H and O–H groups in total. The van der Waals surface area contributed by atoms with Gasteiger partial charge in [-0.15, -0.1) is 0 Å². The average molecular weight is 302 g/mol. The first-order valence-electron chi connectivity index (χ1n) is 4.23. The first-order chi connectivity index (χ1) is 7.60. The Kier molecular flexibility index (Phi) is 4.38. The molecule has 0 saturated heterocycles. The highest BCUT2D eigenvalue weighted by atomic mass is 35.5. The molecule has 1 aromatic carbocycles. The van der Waals surface area contributed by atoms with Crippen LogP contribution >= 0.6 is 26.8 Å². The minimum Gasteiger partial charge on any atom is -0.362 e. The predicted molar refractivity (Wildman–Crippen MR) is 63.0 cm³/mol. The standard InChI is InChI=1S/C7H10ClNO6P2/c8-5-2-1-3-6(4-5)9-7(16(10,11)12)17(13,14)15/h1-4,7,9H,(H2,10,11,12)(H2,13,14,15). The van der Waals surface area contributed by atoms with Crippen LogP contribution in [0.3, 0.4) is 0 Å². The third-order valence-electron chi connectivity index (χ3n) is 1.76. The highest BCUT2D eigenvalue weighted by Gasteiger charge is 2.43. The number of rotatable bonds is 4. The topological polar surface area (TPSA) is 127 Å². The molecule has 0 unspecified atom stereocenters. The van der Waals surface area contributed by atoms with Gasteiger partial charge in [0, 0.05) is 10.7 Å². The third-order valence-corrected chi connectivity index (χ3v) is 5.33. The van der Waals surface area contributed by atoms with Crippen molar-refractivity contribution in [1.29, 1.82) is 0 Å². The van der Waals surface area contributed by atoms with Crippen LogP contribution in [0.1, 0.15) is 0 Å². The molecule has 0 atom stereocenters. The summed E-state index contributed by atoms with van der Waals surface area (Å²) in [6.45, 7) is 0. The van der Waals surface area contributed by atoms with E-state index in [4.69, 9.17) is 31.2 Å². The van der Waals surface area contributed by atoms with Gasteiger partial charge in [0.15, 0.2) is 0 Å². The van der Waals surface area contributed by atoms with Gasteiger partial charge in [0.2, 0.25) is 5.52 Å². The molecule has 1 rings (SSSR count). The molecule has 0 aliphatic heterocycles. The largest absolute Gasteiger partial charge is 0.362 e. The van der Waals surface area contributed by atoms with Gasteiger partial charge in [0.05, 0.1) is 0 Å². The maximum atomic E-state index is 11.0. The van der Waals surface area contributed by atoms with E-state index in [0.29, 0.717) is 0 Å². The van der Waals surface area contributed by atoms with Crippen LogP contribution in [0.4, 0.5) is 5.69 Å². The van der Waals surface area contributed by atoms with Crippen molar-refractivity contribution in [3.8, 4) is 0 Å². The first-order valence-corrected chi connectivity index (χ1v) is 7.97. The highest BCUT2D eigenvalue weighted by Crippen LogP contribution is 2.59. The predicted octanol–water partition coefficient (Wildman–Crippen LogP) is 1.39. The zero-order valence-electron chi connectivity index (χ0n) is 8.26. The van der Waals surface area contributed by atoms with Crippen molar-refractivity contribution in [3.05, 3.63) is 29.3 Å². The van der Waals surface area contributed by atoms with Crippen molar-refractivity contribution in [1.82, 2.24) is 0 Å². The summed E-state index contributed by atoms with van der Waals surface area (Å²) >= 11 is 5.63. The molecule has 96 valence electrons. The lowest BCUT2D eigenvalue weighted by Crippen LogP contribution is -2.19. The average Bonchev–Trinajstić information content (AvgIpc) is 2.10. The van der Waals surface area contributed by atoms with E-state index in [9.17, 15) is 9.13 Å². The lowest BCUT2D eigenvalue weighted by molar-refractivity contribution is 0.343. The summed E-state index contributed by atoms with van der Waals surface area (Å²) < 4.78 is 21.9. The molecule has 0 saturated carbocycles. The van der Waals surface area contributed by atoms with Crippen LogP contribution in [0.25, 0.3) is 0 Å². The summed E-state index contributed by atoms with van der Waals surface area (Å²) in [6, 6.07) is 5.65. The fourth-order valence-electron chi connectivity index (χ4n) is 1.09. The van der Waals surface area contributed by atoms with E-state index in [1.807, 2.05) is 0 Å². The van der Waals surface area contributed by atoms with Gasteiger partial charge in [-0.2, -0.15) is 0 Å². The quantitative estimate of drug-likeness (QED) is 0.532. The minimum atomic E-state index is -5.00. The molecule has 7 nitrogen and oxygen atoms in total. The smallest absolute Gasteiger partial charge is 0.360 e. The molecule has 0 aliphatic carbocycles. The molecule has 0 fully saturated rings. The Balaban J connectivity index is 3.04. The van der Waals surface area contributed by atoms with E-state index in [-0.39, 0.29) is 10.7 Å². The Morgan fingerprint density at radius 2 is 1.65 bits per heavy atom. The van der Waals surface area contributed by atoms with Gasteiger partial charge in [-0.25, -0.2) is 0 Å². The van der Waals surface area contributed by atoms with Crippen molar-refractivity contribution in [3.63, 3.8) is 0 Å². The maximum Gasteiger partial charge on any atom is 0.360 e. The van der Waals surface area contributed by atoms with E-state index in [1.54, 1.807) is 0 Å². The van der Waals surface area contributed by atoms with E-state index in [2.05, 4.69) is 5.32 Å². The Morgan fingerprint density at radius 1 is 1.12 bits per heavy atom. The van der Waals surface area contributed by atoms with Crippen LogP contribution in [0, 0.1) is 0 Å². The number of hydrogen-bond donors (Lipinski definition) is 5. The summed E-state index contributed by atoms with van der Waals surface area (Å²) in [7, 11) is -9.99. The second-order valence-electron chi connectivity index (χ2n) is 3.21. The molecular formula is C7H10ClNO6P2. The van der Waals surface area contributed by atoms with E-state index < -0.39 is 20.7 Å². The van der Waals surface area contributed by atoms with Crippen LogP contribution in [0.5, 0.6) is 0 Å². The maximum absolute atomic E-state index is 11.0. The van der Waals surface area contributed by atoms with E-state index in [0.717, 1.165) is 0 Å². The number of benzene rings is 1. The number of anilines is 1. The third kappa shape index (κ3) is 4.41. The summed E-state index contributed by atoms with van der Waals surface area (Å²) in [4.78, 5) is 35.5. The van der Waals surface area contributed by atoms with Gasteiger partial charge in [0.25, 0.3) is 0 Å². The molecule has 0 heterocycles. The molecule has 17 heavy (non-hydrogen) atoms. The molecule has 1 aromatic rings. The Morgan fingerprint density at radius 3 is 2.06 bits per heavy atom. The summed E-state index contributed by atoms with van der Waals surface area (Å²) in [5.74, 6) is 0. The summed E-state index contributed by atoms with van der Waals surface area (Å²) in [5, 5.41) is 2.36. The molecule has 0 aromatic heterocycles. The minimum absolute atomic E-state index is 0.106. The SMILES string of the molecule is O=P(O)(O)C(Nc1cccc(Cl)c1)P(=O)(O)O. The summed E-state index contributed by atoms with van der Waals surface area (Å²) in [5.41, 5.74) is -2.18. The van der Waals surface area contributed by atoms with Gasteiger partial charge in [-0.3, -0.25) is 9.13 Å². The molecule has 10 heteroatoms. The normalized spacial score (nSPS) is 12.8. The van der Waals surface area contributed by atoms with Gasteiger partial charge >= 0.3 is 15.2 Å². The van der Waals surface area contributed by atoms with Crippen LogP contribution in [-0.4, -0.2) is 25.1 Å². The Labute approximate surface area is 102 Å². The molecular weight excluding hydrogens is 291 g/mol. The highest BCUT2D eigenvalue weighted by molar-refractivity contribution is 7.71. The fourth-order valence-corrected chi connectivity index (χ4v) is 3.48. The van der Waals surface area contributed by atoms with Crippen LogP contribution in [0.2, 0.25) is 5.02 Å². The molecule has 0 radical (unpaired) electrons. The van der Waals surface area contributed by atoms with Crippen LogP contribution in [0.15, 0.2) is 24.3 Å². The fraction of sp³-hybridized carbons (Fsp3) is 0.143. The molecule has 0 aliphatic rings.